The standard InChI is InChI=1S/C22H23ClN4O3/c1-12(2)18-11-30-22(29)27(18)20-6-4-5-19(26-20)24-13(3)16-10-14-9-15(23)7-8-17(14)25-21(16)28/h4-10,12-13,18H,11H2,1-3H3,(H,24,26)(H,25,28)/t13-,18?/m1/s1. The Morgan fingerprint density at radius 1 is 1.20 bits per heavy atom. The number of carbonyl (C=O) groups excluding carboxylic acids is 1. The third-order valence-electron chi connectivity index (χ3n) is 5.32. The van der Waals surface area contributed by atoms with Crippen LogP contribution in [0.4, 0.5) is 16.4 Å². The minimum Gasteiger partial charge on any atom is -0.447 e. The molecule has 1 aromatic carbocycles. The molecular formula is C22H23ClN4O3. The second-order valence-corrected chi connectivity index (χ2v) is 8.23. The van der Waals surface area contributed by atoms with Gasteiger partial charge in [0.05, 0.1) is 12.1 Å². The molecular weight excluding hydrogens is 404 g/mol. The number of pyridine rings is 2. The number of nitrogens with zero attached hydrogens (tertiary/aromatic N) is 2. The fraction of sp³-hybridized carbons (Fsp3) is 0.318. The molecule has 0 spiro atoms. The van der Waals surface area contributed by atoms with Crippen molar-refractivity contribution >= 4 is 40.2 Å². The predicted octanol–water partition coefficient (Wildman–Crippen LogP) is 4.73. The lowest BCUT2D eigenvalue weighted by molar-refractivity contribution is 0.177. The van der Waals surface area contributed by atoms with Crippen molar-refractivity contribution in [2.45, 2.75) is 32.9 Å². The summed E-state index contributed by atoms with van der Waals surface area (Å²) in [5.74, 6) is 1.32. The van der Waals surface area contributed by atoms with Gasteiger partial charge in [0.15, 0.2) is 0 Å². The summed E-state index contributed by atoms with van der Waals surface area (Å²) < 4.78 is 5.22. The van der Waals surface area contributed by atoms with Gasteiger partial charge in [0.25, 0.3) is 5.56 Å². The Morgan fingerprint density at radius 3 is 2.77 bits per heavy atom. The van der Waals surface area contributed by atoms with E-state index in [9.17, 15) is 9.59 Å². The first-order valence-electron chi connectivity index (χ1n) is 9.85. The highest BCUT2D eigenvalue weighted by Crippen LogP contribution is 2.27. The highest BCUT2D eigenvalue weighted by molar-refractivity contribution is 6.31. The Kier molecular flexibility index (Phi) is 5.39. The largest absolute Gasteiger partial charge is 0.447 e. The molecule has 4 rings (SSSR count). The Hall–Kier alpha value is -3.06. The molecule has 1 aliphatic heterocycles. The van der Waals surface area contributed by atoms with Crippen LogP contribution in [0.5, 0.6) is 0 Å². The summed E-state index contributed by atoms with van der Waals surface area (Å²) in [7, 11) is 0. The molecule has 156 valence electrons. The average Bonchev–Trinajstić information content (AvgIpc) is 3.09. The van der Waals surface area contributed by atoms with E-state index in [1.807, 2.05) is 39.0 Å². The molecule has 3 heterocycles. The zero-order chi connectivity index (χ0) is 21.4. The molecule has 0 aliphatic carbocycles. The summed E-state index contributed by atoms with van der Waals surface area (Å²) in [5, 5.41) is 4.72. The summed E-state index contributed by atoms with van der Waals surface area (Å²) in [5.41, 5.74) is 1.12. The number of aromatic nitrogens is 2. The van der Waals surface area contributed by atoms with Gasteiger partial charge in [-0.1, -0.05) is 31.5 Å². The SMILES string of the molecule is CC(C)C1COC(=O)N1c1cccc(N[C@H](C)c2cc3cc(Cl)ccc3[nH]c2=O)n1. The molecule has 1 unspecified atom stereocenters. The molecule has 3 aromatic rings. The van der Waals surface area contributed by atoms with Gasteiger partial charge in [-0.3, -0.25) is 9.69 Å². The number of benzene rings is 1. The zero-order valence-corrected chi connectivity index (χ0v) is 17.7. The molecule has 1 saturated heterocycles. The van der Waals surface area contributed by atoms with Gasteiger partial charge in [-0.2, -0.15) is 0 Å². The smallest absolute Gasteiger partial charge is 0.415 e. The van der Waals surface area contributed by atoms with Gasteiger partial charge in [0.2, 0.25) is 0 Å². The molecule has 8 heteroatoms. The number of cyclic esters (lactones) is 1. The molecule has 7 nitrogen and oxygen atoms in total. The van der Waals surface area contributed by atoms with Gasteiger partial charge < -0.3 is 15.0 Å². The van der Waals surface area contributed by atoms with E-state index in [1.165, 1.54) is 0 Å². The average molecular weight is 427 g/mol. The number of fused-ring (bicyclic) bond motifs is 1. The van der Waals surface area contributed by atoms with Gasteiger partial charge in [0, 0.05) is 21.5 Å². The van der Waals surface area contributed by atoms with Crippen LogP contribution in [0.15, 0.2) is 47.3 Å². The number of nitrogens with one attached hydrogen (secondary N) is 2. The van der Waals surface area contributed by atoms with Crippen LogP contribution < -0.4 is 15.8 Å². The van der Waals surface area contributed by atoms with Crippen molar-refractivity contribution in [1.29, 1.82) is 0 Å². The van der Waals surface area contributed by atoms with Gasteiger partial charge in [-0.15, -0.1) is 0 Å². The number of amides is 1. The molecule has 1 fully saturated rings. The lowest BCUT2D eigenvalue weighted by atomic mass is 10.0. The van der Waals surface area contributed by atoms with E-state index >= 15 is 0 Å². The topological polar surface area (TPSA) is 87.3 Å². The van der Waals surface area contributed by atoms with Crippen LogP contribution in [0.25, 0.3) is 10.9 Å². The van der Waals surface area contributed by atoms with E-state index in [-0.39, 0.29) is 23.6 Å². The summed E-state index contributed by atoms with van der Waals surface area (Å²) in [6.07, 6.45) is -0.394. The van der Waals surface area contributed by atoms with E-state index in [0.29, 0.717) is 28.8 Å². The van der Waals surface area contributed by atoms with Crippen LogP contribution in [0.1, 0.15) is 32.4 Å². The Bertz CT molecular complexity index is 1160. The first-order chi connectivity index (χ1) is 14.3. The van der Waals surface area contributed by atoms with Gasteiger partial charge in [0.1, 0.15) is 18.2 Å². The second kappa shape index (κ2) is 7.99. The van der Waals surface area contributed by atoms with Crippen LogP contribution in [0.3, 0.4) is 0 Å². The molecule has 2 atom stereocenters. The molecule has 1 amide bonds. The Morgan fingerprint density at radius 2 is 2.00 bits per heavy atom. The number of anilines is 2. The third kappa shape index (κ3) is 3.85. The van der Waals surface area contributed by atoms with E-state index in [2.05, 4.69) is 15.3 Å². The van der Waals surface area contributed by atoms with Crippen molar-refractivity contribution in [2.75, 3.05) is 16.8 Å². The van der Waals surface area contributed by atoms with Crippen molar-refractivity contribution in [2.24, 2.45) is 5.92 Å². The third-order valence-corrected chi connectivity index (χ3v) is 5.56. The highest BCUT2D eigenvalue weighted by Gasteiger charge is 2.37. The summed E-state index contributed by atoms with van der Waals surface area (Å²) >= 11 is 6.09. The van der Waals surface area contributed by atoms with E-state index in [1.54, 1.807) is 29.2 Å². The maximum absolute atomic E-state index is 12.6. The number of rotatable bonds is 5. The van der Waals surface area contributed by atoms with Crippen molar-refractivity contribution in [1.82, 2.24) is 9.97 Å². The minimum absolute atomic E-state index is 0.0641. The Balaban J connectivity index is 1.61. The van der Waals surface area contributed by atoms with E-state index in [0.717, 1.165) is 10.9 Å². The van der Waals surface area contributed by atoms with Crippen molar-refractivity contribution in [3.8, 4) is 0 Å². The predicted molar refractivity (Wildman–Crippen MR) is 118 cm³/mol. The van der Waals surface area contributed by atoms with Crippen molar-refractivity contribution in [3.63, 3.8) is 0 Å². The lowest BCUT2D eigenvalue weighted by Gasteiger charge is -2.24. The van der Waals surface area contributed by atoms with E-state index in [4.69, 9.17) is 16.3 Å². The van der Waals surface area contributed by atoms with Crippen LogP contribution in [0.2, 0.25) is 5.02 Å². The van der Waals surface area contributed by atoms with E-state index < -0.39 is 6.09 Å². The first kappa shape index (κ1) is 20.2. The van der Waals surface area contributed by atoms with Crippen molar-refractivity contribution < 1.29 is 9.53 Å². The summed E-state index contributed by atoms with van der Waals surface area (Å²) in [4.78, 5) is 33.9. The normalized spacial score (nSPS) is 17.4. The Labute approximate surface area is 179 Å². The maximum atomic E-state index is 12.6. The van der Waals surface area contributed by atoms with Crippen LogP contribution in [0, 0.1) is 5.92 Å². The summed E-state index contributed by atoms with van der Waals surface area (Å²) in [6.45, 7) is 6.32. The first-order valence-corrected chi connectivity index (χ1v) is 10.2. The van der Waals surface area contributed by atoms with Crippen molar-refractivity contribution in [3.05, 3.63) is 63.4 Å². The number of carbonyl (C=O) groups is 1. The van der Waals surface area contributed by atoms with Gasteiger partial charge in [-0.05, 0) is 49.2 Å². The quantitative estimate of drug-likeness (QED) is 0.615. The summed E-state index contributed by atoms with van der Waals surface area (Å²) in [6, 6.07) is 12.2. The zero-order valence-electron chi connectivity index (χ0n) is 17.0. The fourth-order valence-electron chi connectivity index (χ4n) is 3.64. The van der Waals surface area contributed by atoms with Crippen LogP contribution in [-0.2, 0) is 4.74 Å². The number of hydrogen-bond donors (Lipinski definition) is 2. The number of ether oxygens (including phenoxy) is 1. The van der Waals surface area contributed by atoms with Crippen LogP contribution >= 0.6 is 11.6 Å². The number of H-pyrrole nitrogens is 1. The molecule has 2 N–H and O–H groups in total. The second-order valence-electron chi connectivity index (χ2n) is 7.79. The monoisotopic (exact) mass is 426 g/mol. The number of hydrogen-bond acceptors (Lipinski definition) is 5. The number of halogens is 1. The minimum atomic E-state index is -0.394. The fourth-order valence-corrected chi connectivity index (χ4v) is 3.82. The molecule has 0 saturated carbocycles. The van der Waals surface area contributed by atoms with Crippen LogP contribution in [-0.4, -0.2) is 28.7 Å². The molecule has 1 aliphatic rings. The van der Waals surface area contributed by atoms with Gasteiger partial charge in [-0.25, -0.2) is 9.78 Å². The molecule has 0 radical (unpaired) electrons. The molecule has 0 bridgehead atoms. The maximum Gasteiger partial charge on any atom is 0.415 e. The lowest BCUT2D eigenvalue weighted by Crippen LogP contribution is -2.37. The highest BCUT2D eigenvalue weighted by atomic mass is 35.5. The number of aromatic amines is 1. The van der Waals surface area contributed by atoms with Gasteiger partial charge >= 0.3 is 6.09 Å². The molecule has 2 aromatic heterocycles. The molecule has 30 heavy (non-hydrogen) atoms.